The first-order valence-electron chi connectivity index (χ1n) is 8.10. The monoisotopic (exact) mass is 358 g/mol. The van der Waals surface area contributed by atoms with Crippen LogP contribution in [0.25, 0.3) is 11.6 Å². The lowest BCUT2D eigenvalue weighted by Crippen LogP contribution is -2.08. The molecule has 1 atom stereocenters. The number of hydrogen-bond acceptors (Lipinski definition) is 4. The summed E-state index contributed by atoms with van der Waals surface area (Å²) in [4.78, 5) is 16.7. The molecule has 0 radical (unpaired) electrons. The summed E-state index contributed by atoms with van der Waals surface area (Å²) >= 11 is 0. The molecule has 0 aliphatic carbocycles. The third kappa shape index (κ3) is 4.22. The van der Waals surface area contributed by atoms with Crippen LogP contribution < -0.4 is 0 Å². The molecule has 26 heavy (non-hydrogen) atoms. The molecule has 3 rings (SSSR count). The molecule has 0 saturated carbocycles. The molecule has 0 saturated heterocycles. The van der Waals surface area contributed by atoms with Gasteiger partial charge in [0.05, 0.1) is 5.56 Å². The average molecular weight is 358 g/mol. The summed E-state index contributed by atoms with van der Waals surface area (Å²) in [7, 11) is 0. The van der Waals surface area contributed by atoms with Crippen LogP contribution in [-0.2, 0) is 12.6 Å². The van der Waals surface area contributed by atoms with Gasteiger partial charge in [-0.25, -0.2) is 19.9 Å². The lowest BCUT2D eigenvalue weighted by molar-refractivity contribution is -0.137. The van der Waals surface area contributed by atoms with Gasteiger partial charge in [-0.15, -0.1) is 0 Å². The fourth-order valence-corrected chi connectivity index (χ4v) is 2.72. The molecule has 0 N–H and O–H groups in total. The van der Waals surface area contributed by atoms with Crippen molar-refractivity contribution in [2.24, 2.45) is 0 Å². The number of halogens is 3. The Kier molecular flexibility index (Phi) is 4.97. The second kappa shape index (κ2) is 7.19. The SMILES string of the molecule is Cc1cc(C(C)Cc2cnc(-c3ncccn3)nc2)cc(C(F)(F)F)c1. The number of benzene rings is 1. The first kappa shape index (κ1) is 18.0. The molecule has 7 heteroatoms. The zero-order chi connectivity index (χ0) is 18.7. The van der Waals surface area contributed by atoms with Crippen LogP contribution in [0.4, 0.5) is 13.2 Å². The number of nitrogens with zero attached hydrogens (tertiary/aromatic N) is 4. The predicted molar refractivity (Wildman–Crippen MR) is 91.4 cm³/mol. The van der Waals surface area contributed by atoms with Gasteiger partial charge >= 0.3 is 6.18 Å². The molecule has 1 unspecified atom stereocenters. The van der Waals surface area contributed by atoms with E-state index in [0.717, 1.165) is 11.6 Å². The van der Waals surface area contributed by atoms with Crippen LogP contribution in [0.2, 0.25) is 0 Å². The Balaban J connectivity index is 1.78. The molecule has 2 heterocycles. The predicted octanol–water partition coefficient (Wildman–Crippen LogP) is 4.61. The molecule has 0 bridgehead atoms. The van der Waals surface area contributed by atoms with E-state index >= 15 is 0 Å². The van der Waals surface area contributed by atoms with Crippen molar-refractivity contribution in [2.75, 3.05) is 0 Å². The van der Waals surface area contributed by atoms with Crippen molar-refractivity contribution in [3.8, 4) is 11.6 Å². The Morgan fingerprint density at radius 1 is 0.923 bits per heavy atom. The lowest BCUT2D eigenvalue weighted by atomic mass is 9.92. The van der Waals surface area contributed by atoms with E-state index in [0.29, 0.717) is 29.2 Å². The molecule has 134 valence electrons. The zero-order valence-electron chi connectivity index (χ0n) is 14.3. The van der Waals surface area contributed by atoms with Gasteiger partial charge in [-0.2, -0.15) is 13.2 Å². The molecule has 3 aromatic rings. The highest BCUT2D eigenvalue weighted by atomic mass is 19.4. The summed E-state index contributed by atoms with van der Waals surface area (Å²) in [5.41, 5.74) is 1.46. The zero-order valence-corrected chi connectivity index (χ0v) is 14.3. The highest BCUT2D eigenvalue weighted by molar-refractivity contribution is 5.41. The van der Waals surface area contributed by atoms with E-state index in [2.05, 4.69) is 19.9 Å². The third-order valence-electron chi connectivity index (χ3n) is 4.01. The molecule has 2 aromatic heterocycles. The molecule has 0 aliphatic rings. The molecule has 1 aromatic carbocycles. The number of aromatic nitrogens is 4. The van der Waals surface area contributed by atoms with Gasteiger partial charge in [-0.05, 0) is 48.6 Å². The van der Waals surface area contributed by atoms with E-state index in [1.54, 1.807) is 43.8 Å². The van der Waals surface area contributed by atoms with Crippen molar-refractivity contribution in [2.45, 2.75) is 32.4 Å². The minimum atomic E-state index is -4.35. The fraction of sp³-hybridized carbons (Fsp3) is 0.263. The number of rotatable bonds is 4. The van der Waals surface area contributed by atoms with E-state index < -0.39 is 11.7 Å². The minimum absolute atomic E-state index is 0.0987. The van der Waals surface area contributed by atoms with Crippen LogP contribution in [0.15, 0.2) is 49.1 Å². The molecule has 0 amide bonds. The number of alkyl halides is 3. The van der Waals surface area contributed by atoms with Crippen molar-refractivity contribution in [1.29, 1.82) is 0 Å². The molecule has 4 nitrogen and oxygen atoms in total. The molecular formula is C19H17F3N4. The summed E-state index contributed by atoms with van der Waals surface area (Å²) < 4.78 is 39.0. The van der Waals surface area contributed by atoms with Crippen molar-refractivity contribution in [3.05, 3.63) is 71.3 Å². The van der Waals surface area contributed by atoms with Crippen molar-refractivity contribution in [3.63, 3.8) is 0 Å². The largest absolute Gasteiger partial charge is 0.416 e. The highest BCUT2D eigenvalue weighted by Gasteiger charge is 2.31. The maximum atomic E-state index is 13.0. The summed E-state index contributed by atoms with van der Waals surface area (Å²) in [5, 5.41) is 0. The Morgan fingerprint density at radius 3 is 2.15 bits per heavy atom. The Bertz CT molecular complexity index is 878. The van der Waals surface area contributed by atoms with Crippen molar-refractivity contribution in [1.82, 2.24) is 19.9 Å². The van der Waals surface area contributed by atoms with Gasteiger partial charge in [0.2, 0.25) is 0 Å². The van der Waals surface area contributed by atoms with Gasteiger partial charge in [0, 0.05) is 24.8 Å². The van der Waals surface area contributed by atoms with Gasteiger partial charge in [0.15, 0.2) is 11.6 Å². The Morgan fingerprint density at radius 2 is 1.54 bits per heavy atom. The van der Waals surface area contributed by atoms with E-state index in [4.69, 9.17) is 0 Å². The number of aryl methyl sites for hydroxylation is 1. The lowest BCUT2D eigenvalue weighted by Gasteiger charge is -2.16. The van der Waals surface area contributed by atoms with E-state index in [-0.39, 0.29) is 5.92 Å². The smallest absolute Gasteiger partial charge is 0.234 e. The van der Waals surface area contributed by atoms with Crippen molar-refractivity contribution >= 4 is 0 Å². The topological polar surface area (TPSA) is 51.6 Å². The standard InChI is InChI=1S/C19H17F3N4/c1-12-6-15(9-16(7-12)19(20,21)22)13(2)8-14-10-25-18(26-11-14)17-23-4-3-5-24-17/h3-7,9-11,13H,8H2,1-2H3. The van der Waals surface area contributed by atoms with Crippen LogP contribution in [0.5, 0.6) is 0 Å². The Labute approximate surface area is 149 Å². The molecule has 0 spiro atoms. The van der Waals surface area contributed by atoms with Gasteiger partial charge in [0.1, 0.15) is 0 Å². The summed E-state index contributed by atoms with van der Waals surface area (Å²) in [6.45, 7) is 3.56. The Hall–Kier alpha value is -2.83. The van der Waals surface area contributed by atoms with Crippen LogP contribution in [-0.4, -0.2) is 19.9 Å². The van der Waals surface area contributed by atoms with Gasteiger partial charge in [-0.3, -0.25) is 0 Å². The molecular weight excluding hydrogens is 341 g/mol. The van der Waals surface area contributed by atoms with Gasteiger partial charge < -0.3 is 0 Å². The van der Waals surface area contributed by atoms with Crippen LogP contribution in [0, 0.1) is 6.92 Å². The van der Waals surface area contributed by atoms with Crippen LogP contribution in [0.1, 0.15) is 35.1 Å². The van der Waals surface area contributed by atoms with Crippen LogP contribution >= 0.6 is 0 Å². The third-order valence-corrected chi connectivity index (χ3v) is 4.01. The highest BCUT2D eigenvalue weighted by Crippen LogP contribution is 2.33. The average Bonchev–Trinajstić information content (AvgIpc) is 2.62. The van der Waals surface area contributed by atoms with Gasteiger partial charge in [0.25, 0.3) is 0 Å². The normalized spacial score (nSPS) is 12.8. The van der Waals surface area contributed by atoms with E-state index in [1.807, 2.05) is 6.92 Å². The molecule has 0 fully saturated rings. The van der Waals surface area contributed by atoms with E-state index in [1.165, 1.54) is 6.07 Å². The molecule has 0 aliphatic heterocycles. The maximum Gasteiger partial charge on any atom is 0.416 e. The first-order chi connectivity index (χ1) is 12.3. The quantitative estimate of drug-likeness (QED) is 0.684. The second-order valence-electron chi connectivity index (χ2n) is 6.22. The fourth-order valence-electron chi connectivity index (χ4n) is 2.72. The maximum absolute atomic E-state index is 13.0. The summed E-state index contributed by atoms with van der Waals surface area (Å²) in [5.74, 6) is 0.746. The van der Waals surface area contributed by atoms with E-state index in [9.17, 15) is 13.2 Å². The summed E-state index contributed by atoms with van der Waals surface area (Å²) in [6.07, 6.45) is 2.73. The first-order valence-corrected chi connectivity index (χ1v) is 8.10. The van der Waals surface area contributed by atoms with Crippen molar-refractivity contribution < 1.29 is 13.2 Å². The summed E-state index contributed by atoms with van der Waals surface area (Å²) in [6, 6.07) is 5.86. The second-order valence-corrected chi connectivity index (χ2v) is 6.22. The van der Waals surface area contributed by atoms with Crippen LogP contribution in [0.3, 0.4) is 0 Å². The number of hydrogen-bond donors (Lipinski definition) is 0. The minimum Gasteiger partial charge on any atom is -0.234 e. The van der Waals surface area contributed by atoms with Gasteiger partial charge in [-0.1, -0.05) is 18.6 Å².